The zero-order valence-corrected chi connectivity index (χ0v) is 12.7. The zero-order valence-electron chi connectivity index (χ0n) is 12.7. The predicted octanol–water partition coefficient (Wildman–Crippen LogP) is 4.56. The third-order valence-electron chi connectivity index (χ3n) is 4.01. The van der Waals surface area contributed by atoms with Crippen LogP contribution in [0.25, 0.3) is 0 Å². The van der Waals surface area contributed by atoms with E-state index in [1.165, 1.54) is 6.07 Å². The molecule has 0 heterocycles. The lowest BCUT2D eigenvalue weighted by molar-refractivity contribution is 0.105. The van der Waals surface area contributed by atoms with Crippen LogP contribution in [0, 0.1) is 22.5 Å². The van der Waals surface area contributed by atoms with Crippen molar-refractivity contribution in [3.05, 3.63) is 23.8 Å². The molecule has 2 rings (SSSR count). The molecule has 1 aliphatic carbocycles. The van der Waals surface area contributed by atoms with E-state index in [-0.39, 0.29) is 22.6 Å². The third kappa shape index (κ3) is 3.41. The molecule has 3 N–H and O–H groups in total. The molecule has 0 aromatic heterocycles. The van der Waals surface area contributed by atoms with Crippen molar-refractivity contribution in [2.45, 2.75) is 53.0 Å². The topological polar surface area (TPSA) is 38.0 Å². The molecular formula is C16H24F2N2. The summed E-state index contributed by atoms with van der Waals surface area (Å²) in [5, 5.41) is 3.24. The first kappa shape index (κ1) is 15.1. The Labute approximate surface area is 119 Å². The van der Waals surface area contributed by atoms with Gasteiger partial charge in [0.2, 0.25) is 0 Å². The lowest BCUT2D eigenvalue weighted by Crippen LogP contribution is -2.40. The molecular weight excluding hydrogens is 258 g/mol. The maximum absolute atomic E-state index is 13.5. The number of nitrogens with two attached hydrogens (primary N) is 1. The predicted molar refractivity (Wildman–Crippen MR) is 79.6 cm³/mol. The molecule has 1 saturated carbocycles. The highest BCUT2D eigenvalue weighted by molar-refractivity contribution is 5.67. The fourth-order valence-electron chi connectivity index (χ4n) is 3.87. The van der Waals surface area contributed by atoms with Gasteiger partial charge in [-0.15, -0.1) is 0 Å². The molecule has 1 fully saturated rings. The van der Waals surface area contributed by atoms with Gasteiger partial charge in [0.1, 0.15) is 5.82 Å². The summed E-state index contributed by atoms with van der Waals surface area (Å²) in [6.07, 6.45) is 3.08. The summed E-state index contributed by atoms with van der Waals surface area (Å²) in [6.45, 7) is 8.94. The van der Waals surface area contributed by atoms with Crippen molar-refractivity contribution in [1.29, 1.82) is 0 Å². The Hall–Kier alpha value is -1.32. The Morgan fingerprint density at radius 1 is 1.10 bits per heavy atom. The normalized spacial score (nSPS) is 21.7. The maximum Gasteiger partial charge on any atom is 0.151 e. The van der Waals surface area contributed by atoms with Crippen LogP contribution in [0.3, 0.4) is 0 Å². The van der Waals surface area contributed by atoms with Gasteiger partial charge in [0, 0.05) is 12.1 Å². The van der Waals surface area contributed by atoms with Gasteiger partial charge in [-0.2, -0.15) is 0 Å². The summed E-state index contributed by atoms with van der Waals surface area (Å²) in [6, 6.07) is 2.26. The summed E-state index contributed by atoms with van der Waals surface area (Å²) in [5.74, 6) is -1.31. The number of nitrogens with one attached hydrogen (secondary N) is 1. The highest BCUT2D eigenvalue weighted by atomic mass is 19.1. The molecule has 0 aliphatic heterocycles. The van der Waals surface area contributed by atoms with Gasteiger partial charge in [-0.1, -0.05) is 27.7 Å². The van der Waals surface area contributed by atoms with E-state index >= 15 is 0 Å². The Bertz CT molecular complexity index is 493. The molecule has 0 saturated heterocycles. The number of hydrogen-bond donors (Lipinski definition) is 2. The molecule has 0 unspecified atom stereocenters. The van der Waals surface area contributed by atoms with Gasteiger partial charge in [-0.05, 0) is 36.2 Å². The first-order chi connectivity index (χ1) is 9.08. The number of nitrogen functional groups attached to an aromatic ring is 1. The van der Waals surface area contributed by atoms with Crippen LogP contribution in [0.15, 0.2) is 12.1 Å². The van der Waals surface area contributed by atoms with E-state index in [4.69, 9.17) is 5.73 Å². The van der Waals surface area contributed by atoms with Gasteiger partial charge in [-0.3, -0.25) is 0 Å². The molecule has 0 radical (unpaired) electrons. The quantitative estimate of drug-likeness (QED) is 0.780. The Kier molecular flexibility index (Phi) is 3.69. The number of benzene rings is 1. The second-order valence-electron chi connectivity index (χ2n) is 7.60. The van der Waals surface area contributed by atoms with E-state index in [2.05, 4.69) is 33.0 Å². The second-order valence-corrected chi connectivity index (χ2v) is 7.60. The van der Waals surface area contributed by atoms with E-state index < -0.39 is 11.6 Å². The van der Waals surface area contributed by atoms with Crippen molar-refractivity contribution in [1.82, 2.24) is 0 Å². The summed E-state index contributed by atoms with van der Waals surface area (Å²) in [4.78, 5) is 0. The minimum atomic E-state index is -0.707. The van der Waals surface area contributed by atoms with E-state index in [1.54, 1.807) is 0 Å². The van der Waals surface area contributed by atoms with Crippen molar-refractivity contribution >= 4 is 11.4 Å². The summed E-state index contributed by atoms with van der Waals surface area (Å²) >= 11 is 0. The van der Waals surface area contributed by atoms with Crippen LogP contribution in [-0.4, -0.2) is 6.04 Å². The van der Waals surface area contributed by atoms with E-state index in [1.807, 2.05) is 0 Å². The number of rotatable bonds is 2. The maximum atomic E-state index is 13.5. The van der Waals surface area contributed by atoms with Crippen LogP contribution in [0.1, 0.15) is 47.0 Å². The molecule has 1 aromatic rings. The lowest BCUT2D eigenvalue weighted by atomic mass is 9.63. The molecule has 0 spiro atoms. The van der Waals surface area contributed by atoms with Crippen LogP contribution in [-0.2, 0) is 0 Å². The van der Waals surface area contributed by atoms with Gasteiger partial charge in [0.05, 0.1) is 11.4 Å². The van der Waals surface area contributed by atoms with Gasteiger partial charge < -0.3 is 11.1 Å². The average molecular weight is 282 g/mol. The van der Waals surface area contributed by atoms with Gasteiger partial charge >= 0.3 is 0 Å². The first-order valence-electron chi connectivity index (χ1n) is 7.09. The van der Waals surface area contributed by atoms with Crippen molar-refractivity contribution in [2.75, 3.05) is 11.1 Å². The first-order valence-corrected chi connectivity index (χ1v) is 7.09. The van der Waals surface area contributed by atoms with Gasteiger partial charge in [0.15, 0.2) is 5.82 Å². The molecule has 0 amide bonds. The van der Waals surface area contributed by atoms with Crippen LogP contribution >= 0.6 is 0 Å². The minimum Gasteiger partial charge on any atom is -0.395 e. The SMILES string of the molecule is CC1(C)CC(Nc2cc(F)cc(F)c2N)CC(C)(C)C1. The second kappa shape index (κ2) is 4.90. The van der Waals surface area contributed by atoms with E-state index in [0.29, 0.717) is 5.69 Å². The highest BCUT2D eigenvalue weighted by Crippen LogP contribution is 2.46. The van der Waals surface area contributed by atoms with Crippen LogP contribution in [0.5, 0.6) is 0 Å². The largest absolute Gasteiger partial charge is 0.395 e. The van der Waals surface area contributed by atoms with Crippen LogP contribution < -0.4 is 11.1 Å². The van der Waals surface area contributed by atoms with Gasteiger partial charge in [0.25, 0.3) is 0 Å². The van der Waals surface area contributed by atoms with Crippen LogP contribution in [0.2, 0.25) is 0 Å². The molecule has 4 heteroatoms. The fraction of sp³-hybridized carbons (Fsp3) is 0.625. The number of hydrogen-bond acceptors (Lipinski definition) is 2. The van der Waals surface area contributed by atoms with E-state index in [0.717, 1.165) is 25.3 Å². The summed E-state index contributed by atoms with van der Waals surface area (Å²) < 4.78 is 26.8. The Morgan fingerprint density at radius 2 is 1.65 bits per heavy atom. The van der Waals surface area contributed by atoms with Crippen molar-refractivity contribution < 1.29 is 8.78 Å². The third-order valence-corrected chi connectivity index (χ3v) is 4.01. The lowest BCUT2D eigenvalue weighted by Gasteiger charge is -2.45. The molecule has 0 bridgehead atoms. The standard InChI is InChI=1S/C16H24F2N2/c1-15(2)7-11(8-16(3,4)9-15)20-13-6-10(17)5-12(18)14(13)19/h5-6,11,20H,7-9,19H2,1-4H3. The molecule has 1 aliphatic rings. The van der Waals surface area contributed by atoms with Crippen molar-refractivity contribution in [2.24, 2.45) is 10.8 Å². The Morgan fingerprint density at radius 3 is 2.20 bits per heavy atom. The number of halogens is 2. The van der Waals surface area contributed by atoms with Crippen molar-refractivity contribution in [3.63, 3.8) is 0 Å². The monoisotopic (exact) mass is 282 g/mol. The molecule has 1 aromatic carbocycles. The van der Waals surface area contributed by atoms with Crippen molar-refractivity contribution in [3.8, 4) is 0 Å². The minimum absolute atomic E-state index is 0.00687. The number of anilines is 2. The molecule has 112 valence electrons. The van der Waals surface area contributed by atoms with Gasteiger partial charge in [-0.25, -0.2) is 8.78 Å². The molecule has 0 atom stereocenters. The zero-order chi connectivity index (χ0) is 15.1. The Balaban J connectivity index is 2.22. The summed E-state index contributed by atoms with van der Waals surface area (Å²) in [7, 11) is 0. The average Bonchev–Trinajstić information content (AvgIpc) is 2.20. The van der Waals surface area contributed by atoms with E-state index in [9.17, 15) is 8.78 Å². The fourth-order valence-corrected chi connectivity index (χ4v) is 3.87. The summed E-state index contributed by atoms with van der Waals surface area (Å²) in [5.41, 5.74) is 6.47. The highest BCUT2D eigenvalue weighted by Gasteiger charge is 2.38. The smallest absolute Gasteiger partial charge is 0.151 e. The van der Waals surface area contributed by atoms with Crippen LogP contribution in [0.4, 0.5) is 20.2 Å². The molecule has 2 nitrogen and oxygen atoms in total. The molecule has 20 heavy (non-hydrogen) atoms.